The van der Waals surface area contributed by atoms with E-state index < -0.39 is 0 Å². The number of nitrogens with zero attached hydrogens (tertiary/aromatic N) is 1. The van der Waals surface area contributed by atoms with Crippen molar-refractivity contribution in [3.63, 3.8) is 0 Å². The Morgan fingerprint density at radius 3 is 2.52 bits per heavy atom. The zero-order chi connectivity index (χ0) is 18.4. The molecule has 2 amide bonds. The summed E-state index contributed by atoms with van der Waals surface area (Å²) in [6.45, 7) is 0.476. The van der Waals surface area contributed by atoms with Crippen LogP contribution in [0.3, 0.4) is 0 Å². The molecule has 0 fully saturated rings. The van der Waals surface area contributed by atoms with E-state index in [0.29, 0.717) is 28.8 Å². The van der Waals surface area contributed by atoms with Crippen molar-refractivity contribution < 1.29 is 14.3 Å². The fraction of sp³-hybridized carbons (Fsp3) is 0.353. The number of carbonyl (C=O) groups excluding carboxylic acids is 1. The van der Waals surface area contributed by atoms with Crippen molar-refractivity contribution in [2.24, 2.45) is 0 Å². The van der Waals surface area contributed by atoms with Crippen LogP contribution in [-0.2, 0) is 0 Å². The smallest absolute Gasteiger partial charge is 0.319 e. The number of amides is 2. The number of methoxy groups -OCH3 is 2. The molecule has 1 heterocycles. The first-order valence-corrected chi connectivity index (χ1v) is 8.88. The monoisotopic (exact) mass is 383 g/mol. The van der Waals surface area contributed by atoms with E-state index in [1.165, 1.54) is 19.1 Å². The number of likely N-dealkylation sites (N-methyl/N-ethyl adjacent to an activating group) is 1. The van der Waals surface area contributed by atoms with Crippen molar-refractivity contribution in [2.75, 3.05) is 40.2 Å². The number of benzene rings is 1. The summed E-state index contributed by atoms with van der Waals surface area (Å²) in [5.74, 6) is 0.996. The lowest BCUT2D eigenvalue weighted by Gasteiger charge is -2.23. The van der Waals surface area contributed by atoms with Gasteiger partial charge in [0.2, 0.25) is 0 Å². The maximum Gasteiger partial charge on any atom is 0.319 e. The molecule has 0 saturated carbocycles. The van der Waals surface area contributed by atoms with Crippen LogP contribution in [0.5, 0.6) is 11.5 Å². The summed E-state index contributed by atoms with van der Waals surface area (Å²) >= 11 is 7.85. The largest absolute Gasteiger partial charge is 0.493 e. The minimum Gasteiger partial charge on any atom is -0.493 e. The molecule has 2 rings (SSSR count). The Kier molecular flexibility index (Phi) is 6.92. The first kappa shape index (κ1) is 19.4. The molecule has 2 N–H and O–H groups in total. The van der Waals surface area contributed by atoms with E-state index >= 15 is 0 Å². The zero-order valence-electron chi connectivity index (χ0n) is 14.6. The predicted octanol–water partition coefficient (Wildman–Crippen LogP) is 3.84. The molecule has 136 valence electrons. The Hall–Kier alpha value is -1.96. The topological polar surface area (TPSA) is 62.8 Å². The van der Waals surface area contributed by atoms with Crippen LogP contribution in [0.2, 0.25) is 5.02 Å². The van der Waals surface area contributed by atoms with Crippen molar-refractivity contribution >= 4 is 34.7 Å². The molecule has 1 atom stereocenters. The molecule has 0 radical (unpaired) electrons. The third kappa shape index (κ3) is 5.01. The van der Waals surface area contributed by atoms with Gasteiger partial charge in [0.15, 0.2) is 11.5 Å². The Labute approximate surface area is 156 Å². The lowest BCUT2D eigenvalue weighted by Crippen LogP contribution is -2.36. The molecule has 0 aliphatic rings. The number of rotatable bonds is 7. The highest BCUT2D eigenvalue weighted by Crippen LogP contribution is 2.36. The van der Waals surface area contributed by atoms with E-state index in [2.05, 4.69) is 21.6 Å². The molecular weight excluding hydrogens is 362 g/mol. The minimum atomic E-state index is -0.336. The second kappa shape index (κ2) is 8.94. The number of thiophene rings is 1. The van der Waals surface area contributed by atoms with Gasteiger partial charge in [-0.05, 0) is 25.5 Å². The molecule has 25 heavy (non-hydrogen) atoms. The van der Waals surface area contributed by atoms with Gasteiger partial charge in [0.1, 0.15) is 0 Å². The quantitative estimate of drug-likeness (QED) is 0.762. The molecule has 0 aliphatic heterocycles. The number of anilines is 1. The summed E-state index contributed by atoms with van der Waals surface area (Å²) in [5.41, 5.74) is 0.453. The van der Waals surface area contributed by atoms with Crippen molar-refractivity contribution in [3.05, 3.63) is 39.5 Å². The highest BCUT2D eigenvalue weighted by atomic mass is 35.5. The van der Waals surface area contributed by atoms with Crippen LogP contribution in [0.15, 0.2) is 29.6 Å². The minimum absolute atomic E-state index is 0.103. The van der Waals surface area contributed by atoms with Crippen LogP contribution < -0.4 is 20.1 Å². The van der Waals surface area contributed by atoms with E-state index in [1.807, 2.05) is 25.5 Å². The predicted molar refractivity (Wildman–Crippen MR) is 102 cm³/mol. The average Bonchev–Trinajstić information content (AvgIpc) is 3.10. The van der Waals surface area contributed by atoms with Gasteiger partial charge in [-0.25, -0.2) is 4.79 Å². The van der Waals surface area contributed by atoms with Gasteiger partial charge in [-0.2, -0.15) is 0 Å². The van der Waals surface area contributed by atoms with E-state index in [1.54, 1.807) is 23.5 Å². The first-order chi connectivity index (χ1) is 12.0. The van der Waals surface area contributed by atoms with Crippen LogP contribution in [0.1, 0.15) is 10.9 Å². The molecule has 0 spiro atoms. The molecule has 0 aliphatic carbocycles. The molecular formula is C17H22ClN3O3S. The summed E-state index contributed by atoms with van der Waals surface area (Å²) in [6, 6.07) is 7.05. The van der Waals surface area contributed by atoms with E-state index in [0.717, 1.165) is 0 Å². The molecule has 1 aromatic carbocycles. The maximum atomic E-state index is 12.2. The van der Waals surface area contributed by atoms with Crippen molar-refractivity contribution in [1.82, 2.24) is 10.2 Å². The third-order valence-electron chi connectivity index (χ3n) is 3.67. The summed E-state index contributed by atoms with van der Waals surface area (Å²) in [4.78, 5) is 15.5. The standard InChI is InChI=1S/C17H22ClN3O3S/c1-21(2)13(16-6-5-7-25-16)10-19-17(22)20-12-9-15(24-4)14(23-3)8-11(12)18/h5-9,13H,10H2,1-4H3,(H2,19,20,22). The van der Waals surface area contributed by atoms with Gasteiger partial charge in [-0.3, -0.25) is 0 Å². The second-order valence-electron chi connectivity index (χ2n) is 5.52. The highest BCUT2D eigenvalue weighted by Gasteiger charge is 2.17. The van der Waals surface area contributed by atoms with Crippen molar-refractivity contribution in [3.8, 4) is 11.5 Å². The van der Waals surface area contributed by atoms with Gasteiger partial charge in [0.05, 0.1) is 31.0 Å². The van der Waals surface area contributed by atoms with Gasteiger partial charge < -0.3 is 25.0 Å². The first-order valence-electron chi connectivity index (χ1n) is 7.62. The summed E-state index contributed by atoms with van der Waals surface area (Å²) in [5, 5.41) is 8.02. The number of ether oxygens (including phenoxy) is 2. The summed E-state index contributed by atoms with van der Waals surface area (Å²) in [7, 11) is 7.02. The number of halogens is 1. The van der Waals surface area contributed by atoms with Crippen LogP contribution in [-0.4, -0.2) is 45.8 Å². The Bertz CT molecular complexity index is 707. The van der Waals surface area contributed by atoms with Crippen LogP contribution in [0, 0.1) is 0 Å². The van der Waals surface area contributed by atoms with Gasteiger partial charge >= 0.3 is 6.03 Å². The number of hydrogen-bond acceptors (Lipinski definition) is 5. The Morgan fingerprint density at radius 1 is 1.28 bits per heavy atom. The second-order valence-corrected chi connectivity index (χ2v) is 6.90. The number of nitrogens with one attached hydrogen (secondary N) is 2. The van der Waals surface area contributed by atoms with Gasteiger partial charge in [-0.15, -0.1) is 11.3 Å². The lowest BCUT2D eigenvalue weighted by molar-refractivity contribution is 0.244. The average molecular weight is 384 g/mol. The van der Waals surface area contributed by atoms with Gasteiger partial charge in [0, 0.05) is 23.6 Å². The molecule has 0 bridgehead atoms. The summed E-state index contributed by atoms with van der Waals surface area (Å²) < 4.78 is 10.4. The molecule has 1 unspecified atom stereocenters. The van der Waals surface area contributed by atoms with E-state index in [9.17, 15) is 4.79 Å². The molecule has 1 aromatic heterocycles. The fourth-order valence-electron chi connectivity index (χ4n) is 2.32. The zero-order valence-corrected chi connectivity index (χ0v) is 16.2. The van der Waals surface area contributed by atoms with Crippen molar-refractivity contribution in [1.29, 1.82) is 0 Å². The number of hydrogen-bond donors (Lipinski definition) is 2. The molecule has 6 nitrogen and oxygen atoms in total. The van der Waals surface area contributed by atoms with Crippen molar-refractivity contribution in [2.45, 2.75) is 6.04 Å². The number of carbonyl (C=O) groups is 1. The maximum absolute atomic E-state index is 12.2. The van der Waals surface area contributed by atoms with E-state index in [-0.39, 0.29) is 12.1 Å². The lowest BCUT2D eigenvalue weighted by atomic mass is 10.2. The Morgan fingerprint density at radius 2 is 1.96 bits per heavy atom. The molecule has 8 heteroatoms. The van der Waals surface area contributed by atoms with Crippen LogP contribution in [0.25, 0.3) is 0 Å². The Balaban J connectivity index is 2.02. The van der Waals surface area contributed by atoms with Crippen LogP contribution in [0.4, 0.5) is 10.5 Å². The third-order valence-corrected chi connectivity index (χ3v) is 4.96. The summed E-state index contributed by atoms with van der Waals surface area (Å²) in [6.07, 6.45) is 0. The van der Waals surface area contributed by atoms with Gasteiger partial charge in [0.25, 0.3) is 0 Å². The van der Waals surface area contributed by atoms with Gasteiger partial charge in [-0.1, -0.05) is 17.7 Å². The highest BCUT2D eigenvalue weighted by molar-refractivity contribution is 7.10. The van der Waals surface area contributed by atoms with Crippen LogP contribution >= 0.6 is 22.9 Å². The fourth-order valence-corrected chi connectivity index (χ4v) is 3.45. The molecule has 0 saturated heterocycles. The molecule has 2 aromatic rings. The van der Waals surface area contributed by atoms with E-state index in [4.69, 9.17) is 21.1 Å². The normalized spacial score (nSPS) is 11.9. The SMILES string of the molecule is COc1cc(Cl)c(NC(=O)NCC(c2cccs2)N(C)C)cc1OC. The number of urea groups is 1.